The minimum absolute atomic E-state index is 0.0597. The molecule has 0 aliphatic rings. The molecule has 0 spiro atoms. The van der Waals surface area contributed by atoms with Crippen LogP contribution >= 0.6 is 0 Å². The van der Waals surface area contributed by atoms with Gasteiger partial charge < -0.3 is 5.32 Å². The first-order valence-corrected chi connectivity index (χ1v) is 6.56. The summed E-state index contributed by atoms with van der Waals surface area (Å²) in [5, 5.41) is 7.74. The van der Waals surface area contributed by atoms with Gasteiger partial charge in [0.25, 0.3) is 0 Å². The van der Waals surface area contributed by atoms with Crippen molar-refractivity contribution in [2.45, 2.75) is 59.3 Å². The molecule has 0 radical (unpaired) electrons. The maximum Gasteiger partial charge on any atom is 0.127 e. The van der Waals surface area contributed by atoms with E-state index in [4.69, 9.17) is 0 Å². The molecule has 0 saturated carbocycles. The molecule has 102 valence electrons. The van der Waals surface area contributed by atoms with Crippen LogP contribution in [-0.4, -0.2) is 17.9 Å². The van der Waals surface area contributed by atoms with Crippen molar-refractivity contribution in [2.75, 3.05) is 12.4 Å². The van der Waals surface area contributed by atoms with Crippen molar-refractivity contribution in [3.8, 4) is 0 Å². The predicted octanol–water partition coefficient (Wildman–Crippen LogP) is 3.98. The topological polar surface area (TPSA) is 29.3 Å². The zero-order chi connectivity index (χ0) is 14.1. The van der Waals surface area contributed by atoms with Gasteiger partial charge in [0.1, 0.15) is 5.82 Å². The van der Waals surface area contributed by atoms with Gasteiger partial charge in [0.2, 0.25) is 0 Å². The fourth-order valence-electron chi connectivity index (χ4n) is 2.21. The molecule has 1 N–H and O–H groups in total. The van der Waals surface area contributed by atoms with E-state index >= 15 is 0 Å². The lowest BCUT2D eigenvalue weighted by Crippen LogP contribution is -2.23. The molecule has 1 aromatic heterocycles. The summed E-state index contributed by atoms with van der Waals surface area (Å²) in [7, 11) is 1.94. The van der Waals surface area contributed by atoms with E-state index in [9.17, 15) is 0 Å². The van der Waals surface area contributed by atoms with Gasteiger partial charge in [0.05, 0.1) is 5.69 Å². The summed E-state index contributed by atoms with van der Waals surface area (Å²) in [5.41, 5.74) is 2.80. The maximum atomic E-state index is 4.51. The first kappa shape index (κ1) is 14.8. The molecule has 0 aromatic carbocycles. The Bertz CT molecular complexity index is 440. The van der Waals surface area contributed by atoms with Gasteiger partial charge in [-0.1, -0.05) is 41.5 Å². The molecule has 0 bridgehead atoms. The molecule has 0 amide bonds. The van der Waals surface area contributed by atoms with E-state index in [1.807, 2.05) is 24.9 Å². The van der Waals surface area contributed by atoms with E-state index in [1.165, 1.54) is 11.3 Å². The number of nitrogens with one attached hydrogen (secondary N) is 1. The lowest BCUT2D eigenvalue weighted by molar-refractivity contribution is 0.500. The van der Waals surface area contributed by atoms with E-state index in [-0.39, 0.29) is 10.8 Å². The molecule has 18 heavy (non-hydrogen) atoms. The highest BCUT2D eigenvalue weighted by atomic mass is 15.4. The highest BCUT2D eigenvalue weighted by Gasteiger charge is 2.30. The van der Waals surface area contributed by atoms with Crippen LogP contribution in [0.3, 0.4) is 0 Å². The number of rotatable bonds is 2. The average Bonchev–Trinajstić information content (AvgIpc) is 2.56. The highest BCUT2D eigenvalue weighted by Crippen LogP contribution is 2.37. The van der Waals surface area contributed by atoms with Crippen LogP contribution < -0.4 is 5.32 Å². The molecule has 0 saturated heterocycles. The fraction of sp³-hybridized carbons (Fsp3) is 0.667. The Morgan fingerprint density at radius 1 is 1.11 bits per heavy atom. The predicted molar refractivity (Wildman–Crippen MR) is 80.9 cm³/mol. The summed E-state index contributed by atoms with van der Waals surface area (Å²) in [6.07, 6.45) is 1.84. The Morgan fingerprint density at radius 2 is 1.67 bits per heavy atom. The summed E-state index contributed by atoms with van der Waals surface area (Å²) in [6, 6.07) is 2.22. The van der Waals surface area contributed by atoms with Gasteiger partial charge in [-0.25, -0.2) is 4.68 Å². The molecule has 0 unspecified atom stereocenters. The number of aromatic nitrogens is 1. The summed E-state index contributed by atoms with van der Waals surface area (Å²) < 4.78 is 2.03. The second-order valence-electron chi connectivity index (χ2n) is 6.73. The van der Waals surface area contributed by atoms with E-state index in [2.05, 4.69) is 58.0 Å². The van der Waals surface area contributed by atoms with Gasteiger partial charge in [0, 0.05) is 18.7 Å². The van der Waals surface area contributed by atoms with Gasteiger partial charge in [-0.15, -0.1) is 0 Å². The third-order valence-corrected chi connectivity index (χ3v) is 2.98. The zero-order valence-electron chi connectivity index (χ0n) is 13.0. The molecule has 3 nitrogen and oxygen atoms in total. The molecule has 1 aromatic rings. The van der Waals surface area contributed by atoms with Crippen LogP contribution in [0.15, 0.2) is 11.2 Å². The summed E-state index contributed by atoms with van der Waals surface area (Å²) in [5.74, 6) is 1.04. The van der Waals surface area contributed by atoms with Crippen LogP contribution in [0, 0.1) is 0 Å². The van der Waals surface area contributed by atoms with Crippen molar-refractivity contribution in [1.82, 2.24) is 4.68 Å². The Kier molecular flexibility index (Phi) is 3.94. The van der Waals surface area contributed by atoms with Crippen molar-refractivity contribution in [3.05, 3.63) is 17.3 Å². The quantitative estimate of drug-likeness (QED) is 0.789. The normalized spacial score (nSPS) is 13.3. The smallest absolute Gasteiger partial charge is 0.127 e. The number of anilines is 1. The van der Waals surface area contributed by atoms with Crippen molar-refractivity contribution in [2.24, 2.45) is 5.10 Å². The lowest BCUT2D eigenvalue weighted by Gasteiger charge is -2.27. The van der Waals surface area contributed by atoms with Crippen LogP contribution in [0.2, 0.25) is 0 Å². The van der Waals surface area contributed by atoms with Crippen LogP contribution in [0.4, 0.5) is 5.82 Å². The summed E-state index contributed by atoms with van der Waals surface area (Å²) >= 11 is 0. The molecule has 0 atom stereocenters. The Balaban J connectivity index is 3.64. The largest absolute Gasteiger partial charge is 0.373 e. The van der Waals surface area contributed by atoms with Gasteiger partial charge >= 0.3 is 0 Å². The molecule has 0 fully saturated rings. The summed E-state index contributed by atoms with van der Waals surface area (Å²) in [6.45, 7) is 15.4. The van der Waals surface area contributed by atoms with E-state index in [1.54, 1.807) is 0 Å². The van der Waals surface area contributed by atoms with Crippen molar-refractivity contribution in [3.63, 3.8) is 0 Å². The Morgan fingerprint density at radius 3 is 2.00 bits per heavy atom. The molecular weight excluding hydrogens is 222 g/mol. The van der Waals surface area contributed by atoms with Crippen LogP contribution in [0.5, 0.6) is 0 Å². The average molecular weight is 249 g/mol. The molecule has 0 aliphatic carbocycles. The molecule has 0 aliphatic heterocycles. The van der Waals surface area contributed by atoms with Crippen molar-refractivity contribution in [1.29, 1.82) is 0 Å². The van der Waals surface area contributed by atoms with Crippen LogP contribution in [0.1, 0.15) is 59.7 Å². The Labute approximate surface area is 111 Å². The lowest BCUT2D eigenvalue weighted by atomic mass is 9.79. The second-order valence-corrected chi connectivity index (χ2v) is 6.73. The number of nitrogens with zero attached hydrogens (tertiary/aromatic N) is 2. The van der Waals surface area contributed by atoms with Gasteiger partial charge in [-0.2, -0.15) is 5.10 Å². The first-order valence-electron chi connectivity index (χ1n) is 6.56. The minimum atomic E-state index is 0.0597. The summed E-state index contributed by atoms with van der Waals surface area (Å²) in [4.78, 5) is 0. The van der Waals surface area contributed by atoms with Gasteiger partial charge in [-0.05, 0) is 24.0 Å². The second kappa shape index (κ2) is 4.79. The minimum Gasteiger partial charge on any atom is -0.373 e. The van der Waals surface area contributed by atoms with E-state index in [0.717, 1.165) is 5.82 Å². The fourth-order valence-corrected chi connectivity index (χ4v) is 2.21. The van der Waals surface area contributed by atoms with Crippen LogP contribution in [-0.2, 0) is 10.8 Å². The van der Waals surface area contributed by atoms with Crippen molar-refractivity contribution >= 4 is 12.0 Å². The van der Waals surface area contributed by atoms with Crippen LogP contribution in [0.25, 0.3) is 0 Å². The molecule has 1 heterocycles. The highest BCUT2D eigenvalue weighted by molar-refractivity contribution is 5.56. The van der Waals surface area contributed by atoms with E-state index < -0.39 is 0 Å². The SMILES string of the molecule is C/C=N\n1c(NC)cc(C(C)(C)C)c1C(C)(C)C. The monoisotopic (exact) mass is 249 g/mol. The zero-order valence-corrected chi connectivity index (χ0v) is 13.0. The Hall–Kier alpha value is -1.25. The first-order chi connectivity index (χ1) is 8.12. The van der Waals surface area contributed by atoms with E-state index in [0.29, 0.717) is 0 Å². The standard InChI is InChI=1S/C15H27N3/c1-9-17-18-12(16-8)10-11(14(2,3)4)13(18)15(5,6)7/h9-10,16H,1-8H3/b17-9-. The molecule has 3 heteroatoms. The van der Waals surface area contributed by atoms with Gasteiger partial charge in [0.15, 0.2) is 0 Å². The maximum absolute atomic E-state index is 4.51. The van der Waals surface area contributed by atoms with Gasteiger partial charge in [-0.3, -0.25) is 0 Å². The molecular formula is C15H27N3. The van der Waals surface area contributed by atoms with Crippen molar-refractivity contribution < 1.29 is 0 Å². The third kappa shape index (κ3) is 2.77. The molecule has 1 rings (SSSR count). The number of hydrogen-bond acceptors (Lipinski definition) is 2. The number of hydrogen-bond donors (Lipinski definition) is 1. The third-order valence-electron chi connectivity index (χ3n) is 2.98.